The van der Waals surface area contributed by atoms with Crippen molar-refractivity contribution in [2.24, 2.45) is 0 Å². The largest absolute Gasteiger partial charge is 0.507 e. The number of likely N-dealkylation sites (tertiary alicyclic amines) is 1. The van der Waals surface area contributed by atoms with Crippen molar-refractivity contribution in [3.8, 4) is 11.5 Å². The number of rotatable bonds is 6. The van der Waals surface area contributed by atoms with Gasteiger partial charge in [0.15, 0.2) is 0 Å². The van der Waals surface area contributed by atoms with Crippen LogP contribution in [0.15, 0.2) is 72.6 Å². The zero-order chi connectivity index (χ0) is 23.5. The molecule has 1 fully saturated rings. The molecule has 2 heterocycles. The van der Waals surface area contributed by atoms with Gasteiger partial charge in [-0.1, -0.05) is 29.8 Å². The Balaban J connectivity index is 1.89. The normalized spacial score (nSPS) is 17.3. The summed E-state index contributed by atoms with van der Waals surface area (Å²) < 4.78 is 10.6. The lowest BCUT2D eigenvalue weighted by molar-refractivity contribution is -0.140. The van der Waals surface area contributed by atoms with Gasteiger partial charge in [0.25, 0.3) is 11.7 Å². The molecular weight excluding hydrogens is 444 g/mol. The maximum atomic E-state index is 13.2. The number of ketones is 1. The van der Waals surface area contributed by atoms with Crippen LogP contribution in [0.1, 0.15) is 22.7 Å². The number of pyridine rings is 1. The summed E-state index contributed by atoms with van der Waals surface area (Å²) in [6.07, 6.45) is 3.13. The van der Waals surface area contributed by atoms with Gasteiger partial charge in [0.05, 0.1) is 37.4 Å². The fraction of sp³-hybridized carbons (Fsp3) is 0.160. The maximum Gasteiger partial charge on any atom is 0.295 e. The van der Waals surface area contributed by atoms with E-state index in [2.05, 4.69) is 4.98 Å². The zero-order valence-corrected chi connectivity index (χ0v) is 18.7. The van der Waals surface area contributed by atoms with Crippen LogP contribution < -0.4 is 9.47 Å². The second kappa shape index (κ2) is 9.34. The lowest BCUT2D eigenvalue weighted by Crippen LogP contribution is -2.29. The molecule has 1 atom stereocenters. The Morgan fingerprint density at radius 2 is 1.79 bits per heavy atom. The number of hydrogen-bond donors (Lipinski definition) is 1. The minimum Gasteiger partial charge on any atom is -0.507 e. The maximum absolute atomic E-state index is 13.2. The predicted octanol–water partition coefficient (Wildman–Crippen LogP) is 4.37. The first-order chi connectivity index (χ1) is 16.0. The molecule has 7 nitrogen and oxygen atoms in total. The van der Waals surface area contributed by atoms with E-state index < -0.39 is 17.7 Å². The van der Waals surface area contributed by atoms with Gasteiger partial charge in [-0.25, -0.2) is 0 Å². The number of Topliss-reactive ketones (excluding diaryl/α,β-unsaturated/α-hetero) is 1. The van der Waals surface area contributed by atoms with Gasteiger partial charge < -0.3 is 19.5 Å². The summed E-state index contributed by atoms with van der Waals surface area (Å²) >= 11 is 6.32. The summed E-state index contributed by atoms with van der Waals surface area (Å²) in [4.78, 5) is 31.8. The highest BCUT2D eigenvalue weighted by molar-refractivity contribution is 6.47. The van der Waals surface area contributed by atoms with Crippen molar-refractivity contribution in [3.63, 3.8) is 0 Å². The minimum absolute atomic E-state index is 0.0590. The molecule has 1 saturated heterocycles. The first kappa shape index (κ1) is 22.4. The molecule has 0 spiro atoms. The van der Waals surface area contributed by atoms with E-state index in [-0.39, 0.29) is 28.5 Å². The molecule has 33 heavy (non-hydrogen) atoms. The van der Waals surface area contributed by atoms with Crippen LogP contribution in [0.4, 0.5) is 0 Å². The smallest absolute Gasteiger partial charge is 0.295 e. The van der Waals surface area contributed by atoms with Crippen LogP contribution in [-0.2, 0) is 16.1 Å². The van der Waals surface area contributed by atoms with E-state index in [4.69, 9.17) is 21.1 Å². The highest BCUT2D eigenvalue weighted by Gasteiger charge is 2.46. The Morgan fingerprint density at radius 1 is 1.06 bits per heavy atom. The van der Waals surface area contributed by atoms with Gasteiger partial charge in [0, 0.05) is 23.5 Å². The number of methoxy groups -OCH3 is 2. The third-order valence-electron chi connectivity index (χ3n) is 5.52. The van der Waals surface area contributed by atoms with Crippen LogP contribution in [0, 0.1) is 0 Å². The Labute approximate surface area is 195 Å². The van der Waals surface area contributed by atoms with Gasteiger partial charge >= 0.3 is 0 Å². The summed E-state index contributed by atoms with van der Waals surface area (Å²) in [6.45, 7) is 0.101. The highest BCUT2D eigenvalue weighted by Crippen LogP contribution is 2.42. The summed E-state index contributed by atoms with van der Waals surface area (Å²) in [5, 5.41) is 11.4. The van der Waals surface area contributed by atoms with Crippen LogP contribution in [0.25, 0.3) is 5.76 Å². The monoisotopic (exact) mass is 464 g/mol. The van der Waals surface area contributed by atoms with Crippen molar-refractivity contribution >= 4 is 29.1 Å². The molecule has 0 bridgehead atoms. The Hall–Kier alpha value is -3.84. The molecule has 1 unspecified atom stereocenters. The summed E-state index contributed by atoms with van der Waals surface area (Å²) in [5.41, 5.74) is 1.49. The van der Waals surface area contributed by atoms with E-state index in [1.54, 1.807) is 42.7 Å². The lowest BCUT2D eigenvalue weighted by Gasteiger charge is -2.26. The van der Waals surface area contributed by atoms with Crippen molar-refractivity contribution in [1.82, 2.24) is 9.88 Å². The van der Waals surface area contributed by atoms with Crippen LogP contribution in [0.2, 0.25) is 5.02 Å². The lowest BCUT2D eigenvalue weighted by atomic mass is 9.95. The van der Waals surface area contributed by atoms with Gasteiger partial charge in [-0.2, -0.15) is 0 Å². The fourth-order valence-electron chi connectivity index (χ4n) is 3.91. The standard InChI is InChI=1S/C25H21ClN2O5/c1-32-17-7-8-19(26)18(13-17)23(29)21-22(15-9-11-27-12-10-15)28(25(31)24(21)30)14-16-5-3-4-6-20(16)33-2/h3-13,22,29H,14H2,1-2H3/b23-21+. The molecule has 1 aliphatic rings. The predicted molar refractivity (Wildman–Crippen MR) is 123 cm³/mol. The van der Waals surface area contributed by atoms with E-state index >= 15 is 0 Å². The molecular formula is C25H21ClN2O5. The number of carbonyl (C=O) groups excluding carboxylic acids is 2. The number of aromatic nitrogens is 1. The number of carbonyl (C=O) groups is 2. The fourth-order valence-corrected chi connectivity index (χ4v) is 4.12. The molecule has 8 heteroatoms. The summed E-state index contributed by atoms with van der Waals surface area (Å²) in [5.74, 6) is -0.874. The average molecular weight is 465 g/mol. The average Bonchev–Trinajstić information content (AvgIpc) is 3.09. The second-order valence-corrected chi connectivity index (χ2v) is 7.77. The van der Waals surface area contributed by atoms with Gasteiger partial charge in [0.1, 0.15) is 17.3 Å². The molecule has 1 amide bonds. The molecule has 0 radical (unpaired) electrons. The van der Waals surface area contributed by atoms with E-state index in [1.165, 1.54) is 25.2 Å². The number of halogens is 1. The molecule has 4 rings (SSSR count). The molecule has 1 N–H and O–H groups in total. The van der Waals surface area contributed by atoms with Crippen LogP contribution in [0.3, 0.4) is 0 Å². The van der Waals surface area contributed by atoms with Gasteiger partial charge in [0.2, 0.25) is 0 Å². The topological polar surface area (TPSA) is 89.0 Å². The van der Waals surface area contributed by atoms with E-state index in [1.807, 2.05) is 18.2 Å². The number of benzene rings is 2. The van der Waals surface area contributed by atoms with Crippen LogP contribution >= 0.6 is 11.6 Å². The highest BCUT2D eigenvalue weighted by atomic mass is 35.5. The van der Waals surface area contributed by atoms with Crippen LogP contribution in [-0.4, -0.2) is 40.9 Å². The molecule has 3 aromatic rings. The van der Waals surface area contributed by atoms with Crippen molar-refractivity contribution in [2.45, 2.75) is 12.6 Å². The van der Waals surface area contributed by atoms with E-state index in [9.17, 15) is 14.7 Å². The quantitative estimate of drug-likeness (QED) is 0.331. The number of amides is 1. The Morgan fingerprint density at radius 3 is 2.48 bits per heavy atom. The summed E-state index contributed by atoms with van der Waals surface area (Å²) in [7, 11) is 3.02. The van der Waals surface area contributed by atoms with Gasteiger partial charge in [-0.3, -0.25) is 14.6 Å². The van der Waals surface area contributed by atoms with E-state index in [0.29, 0.717) is 17.1 Å². The minimum atomic E-state index is -0.847. The third-order valence-corrected chi connectivity index (χ3v) is 5.85. The van der Waals surface area contributed by atoms with E-state index in [0.717, 1.165) is 5.56 Å². The summed E-state index contributed by atoms with van der Waals surface area (Å²) in [6, 6.07) is 14.5. The molecule has 1 aliphatic heterocycles. The van der Waals surface area contributed by atoms with Crippen molar-refractivity contribution < 1.29 is 24.2 Å². The SMILES string of the molecule is COc1ccc(Cl)c(/C(O)=C2\C(=O)C(=O)N(Cc3ccccc3OC)C2c2ccncc2)c1. The Bertz CT molecular complexity index is 1240. The van der Waals surface area contributed by atoms with Crippen LogP contribution in [0.5, 0.6) is 11.5 Å². The van der Waals surface area contributed by atoms with Gasteiger partial charge in [-0.15, -0.1) is 0 Å². The van der Waals surface area contributed by atoms with Crippen molar-refractivity contribution in [2.75, 3.05) is 14.2 Å². The molecule has 168 valence electrons. The number of hydrogen-bond acceptors (Lipinski definition) is 6. The first-order valence-corrected chi connectivity index (χ1v) is 10.5. The van der Waals surface area contributed by atoms with Gasteiger partial charge in [-0.05, 0) is 42.0 Å². The molecule has 0 aliphatic carbocycles. The number of aliphatic hydroxyl groups excluding tert-OH is 1. The number of nitrogens with zero attached hydrogens (tertiary/aromatic N) is 2. The van der Waals surface area contributed by atoms with Crippen molar-refractivity contribution in [1.29, 1.82) is 0 Å². The second-order valence-electron chi connectivity index (χ2n) is 7.37. The zero-order valence-electron chi connectivity index (χ0n) is 18.0. The third kappa shape index (κ3) is 4.15. The first-order valence-electron chi connectivity index (χ1n) is 10.1. The van der Waals surface area contributed by atoms with Crippen molar-refractivity contribution in [3.05, 3.63) is 94.3 Å². The Kier molecular flexibility index (Phi) is 6.33. The number of para-hydroxylation sites is 1. The number of aliphatic hydroxyl groups is 1. The molecule has 2 aromatic carbocycles. The molecule has 1 aromatic heterocycles. The number of ether oxygens (including phenoxy) is 2. The molecule has 0 saturated carbocycles.